The number of likely N-dealkylation sites (tertiary alicyclic amines) is 1. The minimum atomic E-state index is -0.488. The number of aromatic nitrogens is 4. The predicted octanol–water partition coefficient (Wildman–Crippen LogP) is 4.71. The monoisotopic (exact) mass is 569 g/mol. The number of ether oxygens (including phenoxy) is 1. The van der Waals surface area contributed by atoms with Crippen molar-refractivity contribution in [1.29, 1.82) is 5.26 Å². The lowest BCUT2D eigenvalue weighted by Crippen LogP contribution is -2.48. The van der Waals surface area contributed by atoms with Gasteiger partial charge in [0, 0.05) is 36.1 Å². The molecule has 9 nitrogen and oxygen atoms in total. The number of hydrogen-bond donors (Lipinski definition) is 1. The molecule has 3 aromatic heterocycles. The van der Waals surface area contributed by atoms with Gasteiger partial charge in [0.05, 0.1) is 18.2 Å². The maximum Gasteiger partial charge on any atom is 0.251 e. The van der Waals surface area contributed by atoms with Crippen LogP contribution < -0.4 is 4.72 Å². The van der Waals surface area contributed by atoms with E-state index in [-0.39, 0.29) is 23.5 Å². The Bertz CT molecular complexity index is 1460. The molecular weight excluding hydrogens is 542 g/mol. The number of halogens is 1. The first kappa shape index (κ1) is 24.8. The lowest BCUT2D eigenvalue weighted by molar-refractivity contribution is -0.157. The standard InChI is InChI=1S/C26H28ClN7O2S2/c1-25(5-6-25)32-38-16-12-17(15-2-9-33(10-3-15)23(35)18-4-11-36-18)19-20(27)29-21(34(19)13-16)22-30-31-24(37-22)26(14-28)7-8-26/h12-13,15,18,32H,2-11H2,1H3. The van der Waals surface area contributed by atoms with E-state index in [1.165, 1.54) is 24.2 Å². The van der Waals surface area contributed by atoms with Crippen molar-refractivity contribution in [1.82, 2.24) is 29.2 Å². The Balaban J connectivity index is 1.23. The van der Waals surface area contributed by atoms with Crippen molar-refractivity contribution in [2.75, 3.05) is 19.7 Å². The van der Waals surface area contributed by atoms with Crippen molar-refractivity contribution in [2.45, 2.75) is 79.7 Å². The molecule has 2 aliphatic carbocycles. The lowest BCUT2D eigenvalue weighted by Gasteiger charge is -2.36. The third-order valence-corrected chi connectivity index (χ3v) is 10.8. The molecular formula is C26H28ClN7O2S2. The number of nitrogens with zero attached hydrogens (tertiary/aromatic N) is 6. The summed E-state index contributed by atoms with van der Waals surface area (Å²) in [5.41, 5.74) is 1.72. The van der Waals surface area contributed by atoms with Crippen LogP contribution in [0.25, 0.3) is 16.3 Å². The number of carbonyl (C=O) groups is 1. The second-order valence-corrected chi connectivity index (χ2v) is 13.4. The number of rotatable bonds is 7. The van der Waals surface area contributed by atoms with Gasteiger partial charge in [-0.15, -0.1) is 10.2 Å². The first-order valence-corrected chi connectivity index (χ1v) is 15.2. The molecule has 1 N–H and O–H groups in total. The quantitative estimate of drug-likeness (QED) is 0.408. The second-order valence-electron chi connectivity index (χ2n) is 11.2. The molecule has 4 fully saturated rings. The zero-order chi connectivity index (χ0) is 26.1. The summed E-state index contributed by atoms with van der Waals surface area (Å²) < 4.78 is 11.1. The van der Waals surface area contributed by atoms with Crippen molar-refractivity contribution in [3.05, 3.63) is 28.0 Å². The van der Waals surface area contributed by atoms with Crippen molar-refractivity contribution in [2.24, 2.45) is 0 Å². The molecule has 38 heavy (non-hydrogen) atoms. The Kier molecular flexibility index (Phi) is 5.98. The van der Waals surface area contributed by atoms with Crippen molar-refractivity contribution < 1.29 is 9.53 Å². The average Bonchev–Trinajstić information content (AvgIpc) is 3.77. The normalized spacial score (nSPS) is 23.7. The van der Waals surface area contributed by atoms with E-state index < -0.39 is 5.41 Å². The molecule has 0 radical (unpaired) electrons. The van der Waals surface area contributed by atoms with Gasteiger partial charge in [-0.25, -0.2) is 4.98 Å². The van der Waals surface area contributed by atoms with E-state index in [0.717, 1.165) is 53.1 Å². The van der Waals surface area contributed by atoms with Gasteiger partial charge < -0.3 is 9.64 Å². The van der Waals surface area contributed by atoms with Gasteiger partial charge in [0.2, 0.25) is 0 Å². The van der Waals surface area contributed by atoms with Crippen LogP contribution in [0, 0.1) is 11.3 Å². The third-order valence-electron chi connectivity index (χ3n) is 8.32. The van der Waals surface area contributed by atoms with Crippen LogP contribution in [0.5, 0.6) is 0 Å². The van der Waals surface area contributed by atoms with E-state index in [4.69, 9.17) is 21.3 Å². The maximum atomic E-state index is 12.7. The highest BCUT2D eigenvalue weighted by atomic mass is 35.5. The van der Waals surface area contributed by atoms with E-state index in [1.807, 2.05) is 9.30 Å². The van der Waals surface area contributed by atoms with E-state index in [2.05, 4.69) is 40.2 Å². The highest BCUT2D eigenvalue weighted by molar-refractivity contribution is 7.97. The number of piperidine rings is 1. The molecule has 2 saturated carbocycles. The fourth-order valence-corrected chi connectivity index (χ4v) is 7.43. The third kappa shape index (κ3) is 4.31. The van der Waals surface area contributed by atoms with Gasteiger partial charge in [-0.3, -0.25) is 13.9 Å². The molecule has 3 aromatic rings. The summed E-state index contributed by atoms with van der Waals surface area (Å²) >= 11 is 9.89. The van der Waals surface area contributed by atoms with Crippen LogP contribution in [0.2, 0.25) is 5.15 Å². The molecule has 1 atom stereocenters. The van der Waals surface area contributed by atoms with E-state index in [0.29, 0.717) is 35.7 Å². The Labute approximate surface area is 234 Å². The summed E-state index contributed by atoms with van der Waals surface area (Å²) in [6, 6.07) is 4.64. The summed E-state index contributed by atoms with van der Waals surface area (Å²) in [6.07, 6.45) is 8.34. The van der Waals surface area contributed by atoms with Crippen LogP contribution in [0.1, 0.15) is 68.4 Å². The van der Waals surface area contributed by atoms with E-state index >= 15 is 0 Å². The topological polar surface area (TPSA) is 108 Å². The zero-order valence-corrected chi connectivity index (χ0v) is 23.5. The van der Waals surface area contributed by atoms with Gasteiger partial charge in [0.1, 0.15) is 16.5 Å². The van der Waals surface area contributed by atoms with Gasteiger partial charge in [-0.05, 0) is 74.9 Å². The summed E-state index contributed by atoms with van der Waals surface area (Å²) in [7, 11) is 0. The molecule has 0 spiro atoms. The first-order valence-electron chi connectivity index (χ1n) is 13.2. The fourth-order valence-electron chi connectivity index (χ4n) is 5.22. The number of pyridine rings is 1. The van der Waals surface area contributed by atoms with Crippen LogP contribution in [0.3, 0.4) is 0 Å². The second kappa shape index (κ2) is 9.17. The molecule has 7 rings (SSSR count). The van der Waals surface area contributed by atoms with E-state index in [9.17, 15) is 10.1 Å². The Morgan fingerprint density at radius 3 is 2.66 bits per heavy atom. The van der Waals surface area contributed by atoms with Gasteiger partial charge in [-0.1, -0.05) is 22.9 Å². The van der Waals surface area contributed by atoms with Gasteiger partial charge in [0.15, 0.2) is 16.0 Å². The minimum absolute atomic E-state index is 0.119. The molecule has 2 saturated heterocycles. The largest absolute Gasteiger partial charge is 0.368 e. The minimum Gasteiger partial charge on any atom is -0.368 e. The SMILES string of the molecule is CC1(NSc2cc(C3CCN(C(=O)C4CCO4)CC3)c3c(Cl)nc(-c4nnc(C5(C#N)CC5)s4)n3c2)CC1. The lowest BCUT2D eigenvalue weighted by atomic mass is 9.89. The summed E-state index contributed by atoms with van der Waals surface area (Å²) in [4.78, 5) is 20.5. The fraction of sp³-hybridized carbons (Fsp3) is 0.577. The van der Waals surface area contributed by atoms with E-state index in [1.54, 1.807) is 11.9 Å². The number of nitriles is 1. The average molecular weight is 570 g/mol. The summed E-state index contributed by atoms with van der Waals surface area (Å²) in [5, 5.41) is 20.3. The summed E-state index contributed by atoms with van der Waals surface area (Å²) in [6.45, 7) is 4.33. The zero-order valence-electron chi connectivity index (χ0n) is 21.1. The molecule has 1 amide bonds. The van der Waals surface area contributed by atoms with Crippen LogP contribution in [-0.2, 0) is 14.9 Å². The molecule has 198 valence electrons. The number of imidazole rings is 1. The predicted molar refractivity (Wildman–Crippen MR) is 145 cm³/mol. The number of hydrogen-bond acceptors (Lipinski definition) is 9. The Morgan fingerprint density at radius 2 is 2.03 bits per heavy atom. The van der Waals surface area contributed by atoms with Crippen molar-refractivity contribution in [3.8, 4) is 16.9 Å². The van der Waals surface area contributed by atoms with Crippen LogP contribution in [0.4, 0.5) is 0 Å². The van der Waals surface area contributed by atoms with Gasteiger partial charge in [0.25, 0.3) is 5.91 Å². The molecule has 0 aromatic carbocycles. The first-order chi connectivity index (χ1) is 18.4. The molecule has 1 unspecified atom stereocenters. The smallest absolute Gasteiger partial charge is 0.251 e. The highest BCUT2D eigenvalue weighted by Gasteiger charge is 2.48. The molecule has 12 heteroatoms. The van der Waals surface area contributed by atoms with Crippen molar-refractivity contribution in [3.63, 3.8) is 0 Å². The Morgan fingerprint density at radius 1 is 1.26 bits per heavy atom. The highest BCUT2D eigenvalue weighted by Crippen LogP contribution is 2.49. The van der Waals surface area contributed by atoms with Crippen LogP contribution >= 0.6 is 34.9 Å². The Hall–Kier alpha value is -2.23. The molecule has 0 bridgehead atoms. The van der Waals surface area contributed by atoms with Gasteiger partial charge >= 0.3 is 0 Å². The molecule has 4 aliphatic rings. The number of carbonyl (C=O) groups excluding carboxylic acids is 1. The van der Waals surface area contributed by atoms with Crippen molar-refractivity contribution >= 4 is 46.3 Å². The van der Waals surface area contributed by atoms with Crippen LogP contribution in [0.15, 0.2) is 17.2 Å². The number of nitrogens with one attached hydrogen (secondary N) is 1. The molecule has 5 heterocycles. The maximum absolute atomic E-state index is 12.7. The molecule has 2 aliphatic heterocycles. The number of amides is 1. The summed E-state index contributed by atoms with van der Waals surface area (Å²) in [5.74, 6) is 1.02. The number of fused-ring (bicyclic) bond motifs is 1. The van der Waals surface area contributed by atoms with Crippen LogP contribution in [-0.4, -0.2) is 61.7 Å². The van der Waals surface area contributed by atoms with Gasteiger partial charge in [-0.2, -0.15) is 5.26 Å².